The quantitative estimate of drug-likeness (QED) is 0.654. The van der Waals surface area contributed by atoms with Gasteiger partial charge in [-0.15, -0.1) is 0 Å². The van der Waals surface area contributed by atoms with E-state index in [1.807, 2.05) is 36.0 Å². The number of hydrogen-bond acceptors (Lipinski definition) is 3. The molecule has 0 saturated heterocycles. The Kier molecular flexibility index (Phi) is 8.78. The largest absolute Gasteiger partial charge is 0.493 e. The van der Waals surface area contributed by atoms with Crippen molar-refractivity contribution in [3.63, 3.8) is 0 Å². The summed E-state index contributed by atoms with van der Waals surface area (Å²) in [5.74, 6) is 3.41. The molecule has 0 bridgehead atoms. The minimum atomic E-state index is 0.544. The molecule has 102 valence electrons. The van der Waals surface area contributed by atoms with Crippen molar-refractivity contribution in [3.05, 3.63) is 29.8 Å². The topological polar surface area (TPSA) is 35.2 Å². The van der Waals surface area contributed by atoms with Crippen LogP contribution in [0, 0.1) is 0 Å². The predicted octanol–water partition coefficient (Wildman–Crippen LogP) is 3.84. The molecule has 0 amide bonds. The average molecular weight is 267 g/mol. The van der Waals surface area contributed by atoms with E-state index in [9.17, 15) is 0 Å². The van der Waals surface area contributed by atoms with Gasteiger partial charge in [-0.2, -0.15) is 11.8 Å². The average Bonchev–Trinajstić information content (AvgIpc) is 2.42. The van der Waals surface area contributed by atoms with Gasteiger partial charge in [-0.3, -0.25) is 0 Å². The Morgan fingerprint density at radius 1 is 1.11 bits per heavy atom. The Balaban J connectivity index is 2.07. The number of ether oxygens (including phenoxy) is 1. The lowest BCUT2D eigenvalue weighted by Crippen LogP contribution is -2.04. The van der Waals surface area contributed by atoms with Gasteiger partial charge in [-0.25, -0.2) is 0 Å². The van der Waals surface area contributed by atoms with Gasteiger partial charge in [0.1, 0.15) is 5.75 Å². The van der Waals surface area contributed by atoms with Gasteiger partial charge in [0.25, 0.3) is 0 Å². The Labute approximate surface area is 115 Å². The highest BCUT2D eigenvalue weighted by molar-refractivity contribution is 7.99. The maximum atomic E-state index is 5.76. The normalized spacial score (nSPS) is 10.6. The first kappa shape index (κ1) is 15.4. The molecular weight excluding hydrogens is 242 g/mol. The van der Waals surface area contributed by atoms with E-state index in [-0.39, 0.29) is 0 Å². The summed E-state index contributed by atoms with van der Waals surface area (Å²) in [4.78, 5) is 0. The van der Waals surface area contributed by atoms with Crippen molar-refractivity contribution in [1.29, 1.82) is 0 Å². The van der Waals surface area contributed by atoms with Crippen molar-refractivity contribution in [3.8, 4) is 5.75 Å². The smallest absolute Gasteiger partial charge is 0.123 e. The monoisotopic (exact) mass is 267 g/mol. The van der Waals surface area contributed by atoms with Crippen molar-refractivity contribution < 1.29 is 4.74 Å². The molecule has 1 aromatic carbocycles. The third kappa shape index (κ3) is 6.31. The Morgan fingerprint density at radius 3 is 2.67 bits per heavy atom. The molecule has 2 nitrogen and oxygen atoms in total. The van der Waals surface area contributed by atoms with Crippen LogP contribution in [0.2, 0.25) is 0 Å². The summed E-state index contributed by atoms with van der Waals surface area (Å²) >= 11 is 2.03. The van der Waals surface area contributed by atoms with Gasteiger partial charge in [0, 0.05) is 12.1 Å². The Morgan fingerprint density at radius 2 is 1.89 bits per heavy atom. The fourth-order valence-electron chi connectivity index (χ4n) is 1.71. The van der Waals surface area contributed by atoms with E-state index in [2.05, 4.69) is 6.92 Å². The summed E-state index contributed by atoms with van der Waals surface area (Å²) in [7, 11) is 0. The van der Waals surface area contributed by atoms with Crippen LogP contribution in [0.4, 0.5) is 0 Å². The van der Waals surface area contributed by atoms with Gasteiger partial charge >= 0.3 is 0 Å². The van der Waals surface area contributed by atoms with Gasteiger partial charge in [0.15, 0.2) is 0 Å². The summed E-state index contributed by atoms with van der Waals surface area (Å²) in [6.07, 6.45) is 5.11. The van der Waals surface area contributed by atoms with Crippen LogP contribution < -0.4 is 10.5 Å². The van der Waals surface area contributed by atoms with E-state index in [0.717, 1.165) is 24.3 Å². The number of para-hydroxylation sites is 1. The molecule has 18 heavy (non-hydrogen) atoms. The van der Waals surface area contributed by atoms with E-state index in [4.69, 9.17) is 10.5 Å². The molecule has 0 atom stereocenters. The predicted molar refractivity (Wildman–Crippen MR) is 81.3 cm³/mol. The fourth-order valence-corrected chi connectivity index (χ4v) is 2.65. The van der Waals surface area contributed by atoms with Gasteiger partial charge < -0.3 is 10.5 Å². The van der Waals surface area contributed by atoms with Gasteiger partial charge in [-0.1, -0.05) is 38.0 Å². The zero-order chi connectivity index (χ0) is 13.1. The number of unbranched alkanes of at least 4 members (excludes halogenated alkanes) is 2. The molecule has 0 aliphatic rings. The lowest BCUT2D eigenvalue weighted by molar-refractivity contribution is 0.315. The third-order valence-electron chi connectivity index (χ3n) is 2.78. The van der Waals surface area contributed by atoms with Crippen LogP contribution in [0.1, 0.15) is 38.2 Å². The standard InChI is InChI=1S/C15H25NOS/c1-2-3-6-11-18-12-7-10-17-15-9-5-4-8-14(15)13-16/h4-5,8-9H,2-3,6-7,10-13,16H2,1H3. The molecule has 3 heteroatoms. The van der Waals surface area contributed by atoms with Crippen molar-refractivity contribution in [1.82, 2.24) is 0 Å². The molecule has 0 radical (unpaired) electrons. The second kappa shape index (κ2) is 10.3. The number of rotatable bonds is 10. The minimum absolute atomic E-state index is 0.544. The van der Waals surface area contributed by atoms with Crippen LogP contribution in [0.3, 0.4) is 0 Å². The van der Waals surface area contributed by atoms with Gasteiger partial charge in [0.05, 0.1) is 6.61 Å². The molecule has 0 aromatic heterocycles. The van der Waals surface area contributed by atoms with E-state index in [1.54, 1.807) is 0 Å². The zero-order valence-corrected chi connectivity index (χ0v) is 12.2. The summed E-state index contributed by atoms with van der Waals surface area (Å²) < 4.78 is 5.76. The lowest BCUT2D eigenvalue weighted by Gasteiger charge is -2.09. The van der Waals surface area contributed by atoms with Crippen molar-refractivity contribution in [2.24, 2.45) is 5.73 Å². The van der Waals surface area contributed by atoms with Crippen LogP contribution in [0.5, 0.6) is 5.75 Å². The summed E-state index contributed by atoms with van der Waals surface area (Å²) in [5, 5.41) is 0. The van der Waals surface area contributed by atoms with Crippen molar-refractivity contribution in [2.45, 2.75) is 39.2 Å². The van der Waals surface area contributed by atoms with Crippen LogP contribution >= 0.6 is 11.8 Å². The SMILES string of the molecule is CCCCCSCCCOc1ccccc1CN. The second-order valence-electron chi connectivity index (χ2n) is 4.33. The first-order valence-electron chi connectivity index (χ1n) is 6.87. The van der Waals surface area contributed by atoms with Gasteiger partial charge in [-0.05, 0) is 30.4 Å². The molecule has 0 spiro atoms. The molecule has 2 N–H and O–H groups in total. The zero-order valence-electron chi connectivity index (χ0n) is 11.4. The van der Waals surface area contributed by atoms with Crippen LogP contribution in [-0.4, -0.2) is 18.1 Å². The number of thioether (sulfide) groups is 1. The second-order valence-corrected chi connectivity index (χ2v) is 5.56. The number of nitrogens with two attached hydrogens (primary N) is 1. The van der Waals surface area contributed by atoms with Gasteiger partial charge in [0.2, 0.25) is 0 Å². The maximum Gasteiger partial charge on any atom is 0.123 e. The van der Waals surface area contributed by atoms with E-state index >= 15 is 0 Å². The molecule has 0 aliphatic carbocycles. The molecule has 0 aliphatic heterocycles. The number of benzene rings is 1. The number of hydrogen-bond donors (Lipinski definition) is 1. The van der Waals surface area contributed by atoms with Crippen molar-refractivity contribution >= 4 is 11.8 Å². The molecule has 0 saturated carbocycles. The van der Waals surface area contributed by atoms with Crippen LogP contribution in [0.15, 0.2) is 24.3 Å². The van der Waals surface area contributed by atoms with E-state index < -0.39 is 0 Å². The molecular formula is C15H25NOS. The van der Waals surface area contributed by atoms with Crippen LogP contribution in [-0.2, 0) is 6.54 Å². The van der Waals surface area contributed by atoms with Crippen molar-refractivity contribution in [2.75, 3.05) is 18.1 Å². The summed E-state index contributed by atoms with van der Waals surface area (Å²) in [6, 6.07) is 8.01. The highest BCUT2D eigenvalue weighted by Crippen LogP contribution is 2.17. The minimum Gasteiger partial charge on any atom is -0.493 e. The first-order chi connectivity index (χ1) is 8.88. The highest BCUT2D eigenvalue weighted by Gasteiger charge is 2.00. The molecule has 0 unspecified atom stereocenters. The first-order valence-corrected chi connectivity index (χ1v) is 8.02. The Hall–Kier alpha value is -0.670. The maximum absolute atomic E-state index is 5.76. The molecule has 1 aromatic rings. The van der Waals surface area contributed by atoms with E-state index in [1.165, 1.54) is 30.8 Å². The Bertz CT molecular complexity index is 317. The molecule has 1 rings (SSSR count). The third-order valence-corrected chi connectivity index (χ3v) is 3.93. The molecule has 0 heterocycles. The molecule has 0 fully saturated rings. The van der Waals surface area contributed by atoms with E-state index in [0.29, 0.717) is 6.54 Å². The fraction of sp³-hybridized carbons (Fsp3) is 0.600. The lowest BCUT2D eigenvalue weighted by atomic mass is 10.2. The summed E-state index contributed by atoms with van der Waals surface area (Å²) in [6.45, 7) is 3.58. The summed E-state index contributed by atoms with van der Waals surface area (Å²) in [5.41, 5.74) is 6.76. The highest BCUT2D eigenvalue weighted by atomic mass is 32.2. The van der Waals surface area contributed by atoms with Crippen LogP contribution in [0.25, 0.3) is 0 Å².